The van der Waals surface area contributed by atoms with Gasteiger partial charge in [0.25, 0.3) is 5.91 Å². The minimum atomic E-state index is -0.274. The lowest BCUT2D eigenvalue weighted by atomic mass is 10.2. The number of methoxy groups -OCH3 is 1. The normalized spacial score (nSPS) is 15.1. The van der Waals surface area contributed by atoms with Crippen LogP contribution in [0.4, 0.5) is 5.13 Å². The molecule has 21 heavy (non-hydrogen) atoms. The molecule has 2 N–H and O–H groups in total. The molecule has 0 radical (unpaired) electrons. The van der Waals surface area contributed by atoms with E-state index in [-0.39, 0.29) is 18.4 Å². The summed E-state index contributed by atoms with van der Waals surface area (Å²) in [6, 6.07) is 0.330. The van der Waals surface area contributed by atoms with E-state index in [4.69, 9.17) is 4.74 Å². The van der Waals surface area contributed by atoms with E-state index in [2.05, 4.69) is 20.8 Å². The number of rotatable bonds is 7. The van der Waals surface area contributed by atoms with Crippen molar-refractivity contribution < 1.29 is 14.3 Å². The zero-order valence-electron chi connectivity index (χ0n) is 11.8. The van der Waals surface area contributed by atoms with Gasteiger partial charge in [0.05, 0.1) is 5.75 Å². The average Bonchev–Trinajstić information content (AvgIpc) is 3.08. The minimum absolute atomic E-state index is 0.0204. The van der Waals surface area contributed by atoms with E-state index in [0.717, 1.165) is 12.8 Å². The van der Waals surface area contributed by atoms with Gasteiger partial charge in [0, 0.05) is 13.2 Å². The van der Waals surface area contributed by atoms with Crippen molar-refractivity contribution in [3.8, 4) is 0 Å². The quantitative estimate of drug-likeness (QED) is 0.578. The smallest absolute Gasteiger partial charge is 0.252 e. The maximum Gasteiger partial charge on any atom is 0.252 e. The van der Waals surface area contributed by atoms with E-state index in [1.165, 1.54) is 43.1 Å². The Labute approximate surface area is 131 Å². The summed E-state index contributed by atoms with van der Waals surface area (Å²) in [6.45, 7) is -0.0220. The largest absolute Gasteiger partial charge is 0.375 e. The Hall–Kier alpha value is -1.19. The van der Waals surface area contributed by atoms with Crippen LogP contribution in [-0.4, -0.2) is 47.5 Å². The van der Waals surface area contributed by atoms with Crippen molar-refractivity contribution in [3.05, 3.63) is 0 Å². The number of hydrogen-bond acceptors (Lipinski definition) is 7. The molecule has 116 valence electrons. The van der Waals surface area contributed by atoms with Crippen LogP contribution < -0.4 is 10.6 Å². The van der Waals surface area contributed by atoms with Gasteiger partial charge < -0.3 is 10.1 Å². The molecule has 7 nitrogen and oxygen atoms in total. The van der Waals surface area contributed by atoms with E-state index < -0.39 is 0 Å². The SMILES string of the molecule is COCC(=O)Nc1nnc(SCC(=O)NC2CCCC2)s1. The Kier molecular flexibility index (Phi) is 6.40. The van der Waals surface area contributed by atoms with Gasteiger partial charge in [-0.15, -0.1) is 10.2 Å². The molecule has 1 aromatic heterocycles. The maximum absolute atomic E-state index is 11.8. The third-order valence-electron chi connectivity index (χ3n) is 2.98. The summed E-state index contributed by atoms with van der Waals surface area (Å²) < 4.78 is 5.37. The first kappa shape index (κ1) is 16.2. The number of ether oxygens (including phenoxy) is 1. The second-order valence-electron chi connectivity index (χ2n) is 4.69. The predicted molar refractivity (Wildman–Crippen MR) is 81.5 cm³/mol. The topological polar surface area (TPSA) is 93.2 Å². The van der Waals surface area contributed by atoms with Gasteiger partial charge in [0.1, 0.15) is 6.61 Å². The van der Waals surface area contributed by atoms with Crippen LogP contribution >= 0.6 is 23.1 Å². The molecular weight excluding hydrogens is 312 g/mol. The highest BCUT2D eigenvalue weighted by atomic mass is 32.2. The molecule has 0 aromatic carbocycles. The van der Waals surface area contributed by atoms with Crippen molar-refractivity contribution in [2.45, 2.75) is 36.1 Å². The van der Waals surface area contributed by atoms with Crippen LogP contribution in [0.25, 0.3) is 0 Å². The van der Waals surface area contributed by atoms with Crippen molar-refractivity contribution in [1.82, 2.24) is 15.5 Å². The van der Waals surface area contributed by atoms with Crippen LogP contribution in [0.5, 0.6) is 0 Å². The average molecular weight is 330 g/mol. The number of nitrogens with one attached hydrogen (secondary N) is 2. The van der Waals surface area contributed by atoms with Crippen LogP contribution in [0.2, 0.25) is 0 Å². The van der Waals surface area contributed by atoms with Gasteiger partial charge in [-0.05, 0) is 12.8 Å². The molecule has 1 heterocycles. The summed E-state index contributed by atoms with van der Waals surface area (Å²) in [4.78, 5) is 23.1. The maximum atomic E-state index is 11.8. The number of carbonyl (C=O) groups excluding carboxylic acids is 2. The number of carbonyl (C=O) groups is 2. The standard InChI is InChI=1S/C12H18N4O3S2/c1-19-6-9(17)14-11-15-16-12(21-11)20-7-10(18)13-8-4-2-3-5-8/h8H,2-7H2,1H3,(H,13,18)(H,14,15,17). The molecule has 0 bridgehead atoms. The van der Waals surface area contributed by atoms with Crippen LogP contribution in [0.1, 0.15) is 25.7 Å². The second-order valence-corrected chi connectivity index (χ2v) is 6.89. The first-order valence-corrected chi connectivity index (χ1v) is 8.52. The van der Waals surface area contributed by atoms with Gasteiger partial charge in [0.15, 0.2) is 4.34 Å². The van der Waals surface area contributed by atoms with E-state index in [9.17, 15) is 9.59 Å². The molecule has 1 aliphatic rings. The summed E-state index contributed by atoms with van der Waals surface area (Å²) in [5.74, 6) is 0.0631. The fourth-order valence-corrected chi connectivity index (χ4v) is 3.65. The van der Waals surface area contributed by atoms with Crippen molar-refractivity contribution in [1.29, 1.82) is 0 Å². The molecule has 2 amide bonds. The highest BCUT2D eigenvalue weighted by Gasteiger charge is 2.17. The zero-order chi connectivity index (χ0) is 15.1. The second kappa shape index (κ2) is 8.30. The Morgan fingerprint density at radius 1 is 1.33 bits per heavy atom. The van der Waals surface area contributed by atoms with Crippen molar-refractivity contribution in [2.24, 2.45) is 0 Å². The first-order valence-electron chi connectivity index (χ1n) is 6.72. The van der Waals surface area contributed by atoms with Gasteiger partial charge in [-0.3, -0.25) is 14.9 Å². The summed E-state index contributed by atoms with van der Waals surface area (Å²) in [5.41, 5.74) is 0. The molecule has 1 fully saturated rings. The van der Waals surface area contributed by atoms with E-state index in [1.54, 1.807) is 0 Å². The number of thioether (sulfide) groups is 1. The highest BCUT2D eigenvalue weighted by molar-refractivity contribution is 8.01. The number of nitrogens with zero attached hydrogens (tertiary/aromatic N) is 2. The molecule has 0 atom stereocenters. The molecule has 2 rings (SSSR count). The van der Waals surface area contributed by atoms with Crippen molar-refractivity contribution in [3.63, 3.8) is 0 Å². The summed E-state index contributed by atoms with van der Waals surface area (Å²) >= 11 is 2.57. The molecule has 0 spiro atoms. The van der Waals surface area contributed by atoms with Crippen LogP contribution in [0.15, 0.2) is 4.34 Å². The van der Waals surface area contributed by atoms with Crippen LogP contribution in [0, 0.1) is 0 Å². The van der Waals surface area contributed by atoms with E-state index >= 15 is 0 Å². The number of amides is 2. The van der Waals surface area contributed by atoms with Gasteiger partial charge in [-0.1, -0.05) is 35.9 Å². The molecule has 1 saturated carbocycles. The van der Waals surface area contributed by atoms with E-state index in [1.807, 2.05) is 0 Å². The van der Waals surface area contributed by atoms with Crippen molar-refractivity contribution in [2.75, 3.05) is 24.8 Å². The van der Waals surface area contributed by atoms with Gasteiger partial charge in [0.2, 0.25) is 11.0 Å². The Morgan fingerprint density at radius 2 is 2.10 bits per heavy atom. The lowest BCUT2D eigenvalue weighted by molar-refractivity contribution is -0.120. The van der Waals surface area contributed by atoms with Crippen LogP contribution in [0.3, 0.4) is 0 Å². The van der Waals surface area contributed by atoms with Gasteiger partial charge >= 0.3 is 0 Å². The molecular formula is C12H18N4O3S2. The zero-order valence-corrected chi connectivity index (χ0v) is 13.4. The summed E-state index contributed by atoms with van der Waals surface area (Å²) in [6.07, 6.45) is 4.54. The lowest BCUT2D eigenvalue weighted by Crippen LogP contribution is -2.33. The van der Waals surface area contributed by atoms with Gasteiger partial charge in [-0.25, -0.2) is 0 Å². The number of anilines is 1. The summed E-state index contributed by atoms with van der Waals surface area (Å²) in [7, 11) is 1.45. The van der Waals surface area contributed by atoms with Crippen molar-refractivity contribution >= 4 is 40.0 Å². The Morgan fingerprint density at radius 3 is 2.81 bits per heavy atom. The van der Waals surface area contributed by atoms with Gasteiger partial charge in [-0.2, -0.15) is 0 Å². The fourth-order valence-electron chi connectivity index (χ4n) is 2.07. The highest BCUT2D eigenvalue weighted by Crippen LogP contribution is 2.25. The molecule has 9 heteroatoms. The third-order valence-corrected chi connectivity index (χ3v) is 4.95. The molecule has 0 saturated heterocycles. The minimum Gasteiger partial charge on any atom is -0.375 e. The number of hydrogen-bond donors (Lipinski definition) is 2. The monoisotopic (exact) mass is 330 g/mol. The molecule has 0 unspecified atom stereocenters. The van der Waals surface area contributed by atoms with Crippen LogP contribution in [-0.2, 0) is 14.3 Å². The molecule has 1 aromatic rings. The molecule has 0 aliphatic heterocycles. The third kappa shape index (κ3) is 5.60. The predicted octanol–water partition coefficient (Wildman–Crippen LogP) is 1.27. The number of aromatic nitrogens is 2. The lowest BCUT2D eigenvalue weighted by Gasteiger charge is -2.10. The Balaban J connectivity index is 1.71. The Bertz CT molecular complexity index is 489. The molecule has 1 aliphatic carbocycles. The first-order chi connectivity index (χ1) is 10.2. The summed E-state index contributed by atoms with van der Waals surface area (Å²) in [5, 5.41) is 13.8. The van der Waals surface area contributed by atoms with E-state index in [0.29, 0.717) is 21.3 Å². The fraction of sp³-hybridized carbons (Fsp3) is 0.667.